The standard InChI is InChI=1S/C15H30N2O3/c1-13-3-2-4-15(9-13,12-18)16-10-14(19)11-17-5-7-20-8-6-17/h13-14,16,18-19H,2-12H2,1H3. The summed E-state index contributed by atoms with van der Waals surface area (Å²) in [5.41, 5.74) is -0.177. The van der Waals surface area contributed by atoms with Gasteiger partial charge in [0.25, 0.3) is 0 Å². The van der Waals surface area contributed by atoms with Gasteiger partial charge in [0, 0.05) is 31.7 Å². The molecular weight excluding hydrogens is 256 g/mol. The summed E-state index contributed by atoms with van der Waals surface area (Å²) in [5, 5.41) is 23.4. The van der Waals surface area contributed by atoms with Crippen LogP contribution in [0.4, 0.5) is 0 Å². The molecule has 1 saturated carbocycles. The van der Waals surface area contributed by atoms with Crippen molar-refractivity contribution in [3.8, 4) is 0 Å². The van der Waals surface area contributed by atoms with Crippen molar-refractivity contribution in [2.45, 2.75) is 44.2 Å². The number of nitrogens with zero attached hydrogens (tertiary/aromatic N) is 1. The minimum atomic E-state index is -0.381. The van der Waals surface area contributed by atoms with E-state index in [0.717, 1.165) is 45.6 Å². The average Bonchev–Trinajstić information content (AvgIpc) is 2.46. The van der Waals surface area contributed by atoms with Crippen LogP contribution in [0.15, 0.2) is 0 Å². The minimum absolute atomic E-state index is 0.168. The van der Waals surface area contributed by atoms with Gasteiger partial charge < -0.3 is 20.3 Å². The number of aliphatic hydroxyl groups is 2. The van der Waals surface area contributed by atoms with Gasteiger partial charge in [-0.05, 0) is 18.8 Å². The third-order valence-corrected chi connectivity index (χ3v) is 4.68. The summed E-state index contributed by atoms with van der Waals surface area (Å²) < 4.78 is 5.31. The fourth-order valence-electron chi connectivity index (χ4n) is 3.50. The molecule has 5 nitrogen and oxygen atoms in total. The maximum atomic E-state index is 10.2. The summed E-state index contributed by atoms with van der Waals surface area (Å²) in [6, 6.07) is 0. The number of β-amino-alcohol motifs (C(OH)–C–C–N with tert-alkyl or cyclic N) is 1. The Hall–Kier alpha value is -0.200. The van der Waals surface area contributed by atoms with Gasteiger partial charge in [-0.2, -0.15) is 0 Å². The van der Waals surface area contributed by atoms with Gasteiger partial charge in [-0.15, -0.1) is 0 Å². The van der Waals surface area contributed by atoms with Crippen LogP contribution in [0.3, 0.4) is 0 Å². The van der Waals surface area contributed by atoms with Crippen LogP contribution in [0.5, 0.6) is 0 Å². The van der Waals surface area contributed by atoms with Crippen LogP contribution in [-0.2, 0) is 4.74 Å². The topological polar surface area (TPSA) is 65.0 Å². The Balaban J connectivity index is 1.74. The molecule has 0 aromatic rings. The minimum Gasteiger partial charge on any atom is -0.394 e. The highest BCUT2D eigenvalue weighted by atomic mass is 16.5. The number of hydrogen-bond acceptors (Lipinski definition) is 5. The van der Waals surface area contributed by atoms with Gasteiger partial charge in [-0.25, -0.2) is 0 Å². The fraction of sp³-hybridized carbons (Fsp3) is 1.00. The second kappa shape index (κ2) is 7.71. The Morgan fingerprint density at radius 3 is 2.80 bits per heavy atom. The van der Waals surface area contributed by atoms with Crippen molar-refractivity contribution >= 4 is 0 Å². The second-order valence-electron chi connectivity index (χ2n) is 6.59. The quantitative estimate of drug-likeness (QED) is 0.651. The van der Waals surface area contributed by atoms with E-state index in [4.69, 9.17) is 4.74 Å². The summed E-state index contributed by atoms with van der Waals surface area (Å²) in [6.45, 7) is 6.99. The maximum absolute atomic E-state index is 10.2. The zero-order valence-corrected chi connectivity index (χ0v) is 12.7. The molecule has 1 aliphatic carbocycles. The van der Waals surface area contributed by atoms with E-state index in [1.54, 1.807) is 0 Å². The predicted octanol–water partition coefficient (Wildman–Crippen LogP) is 0.210. The Kier molecular flexibility index (Phi) is 6.23. The zero-order valence-electron chi connectivity index (χ0n) is 12.7. The molecular formula is C15H30N2O3. The van der Waals surface area contributed by atoms with Gasteiger partial charge in [0.1, 0.15) is 0 Å². The summed E-state index contributed by atoms with van der Waals surface area (Å²) in [4.78, 5) is 2.24. The molecule has 0 aromatic carbocycles. The first-order chi connectivity index (χ1) is 9.63. The first kappa shape index (κ1) is 16.2. The summed E-state index contributed by atoms with van der Waals surface area (Å²) in [5.74, 6) is 0.653. The lowest BCUT2D eigenvalue weighted by atomic mass is 9.77. The summed E-state index contributed by atoms with van der Waals surface area (Å²) >= 11 is 0. The second-order valence-corrected chi connectivity index (χ2v) is 6.59. The number of ether oxygens (including phenoxy) is 1. The van der Waals surface area contributed by atoms with Gasteiger partial charge in [0.05, 0.1) is 25.9 Å². The van der Waals surface area contributed by atoms with Crippen LogP contribution in [0.1, 0.15) is 32.6 Å². The monoisotopic (exact) mass is 286 g/mol. The van der Waals surface area contributed by atoms with Crippen molar-refractivity contribution < 1.29 is 14.9 Å². The van der Waals surface area contributed by atoms with Gasteiger partial charge in [-0.1, -0.05) is 19.8 Å². The predicted molar refractivity (Wildman–Crippen MR) is 78.7 cm³/mol. The molecule has 1 aliphatic heterocycles. The van der Waals surface area contributed by atoms with Crippen LogP contribution < -0.4 is 5.32 Å². The number of rotatable bonds is 6. The summed E-state index contributed by atoms with van der Waals surface area (Å²) in [6.07, 6.45) is 4.05. The van der Waals surface area contributed by atoms with E-state index < -0.39 is 0 Å². The van der Waals surface area contributed by atoms with Crippen LogP contribution in [0, 0.1) is 5.92 Å². The third kappa shape index (κ3) is 4.67. The van der Waals surface area contributed by atoms with Crippen LogP contribution in [0.2, 0.25) is 0 Å². The third-order valence-electron chi connectivity index (χ3n) is 4.68. The van der Waals surface area contributed by atoms with Gasteiger partial charge in [0.15, 0.2) is 0 Å². The van der Waals surface area contributed by atoms with E-state index in [9.17, 15) is 10.2 Å². The highest BCUT2D eigenvalue weighted by molar-refractivity contribution is 4.93. The molecule has 2 rings (SSSR count). The highest BCUT2D eigenvalue weighted by Crippen LogP contribution is 2.31. The average molecular weight is 286 g/mol. The van der Waals surface area contributed by atoms with Crippen molar-refractivity contribution in [2.24, 2.45) is 5.92 Å². The molecule has 118 valence electrons. The lowest BCUT2D eigenvalue weighted by Crippen LogP contribution is -2.55. The number of aliphatic hydroxyl groups excluding tert-OH is 2. The molecule has 2 fully saturated rings. The molecule has 0 aromatic heterocycles. The first-order valence-corrected chi connectivity index (χ1v) is 7.98. The molecule has 0 radical (unpaired) electrons. The van der Waals surface area contributed by atoms with E-state index in [-0.39, 0.29) is 18.2 Å². The van der Waals surface area contributed by atoms with Crippen molar-refractivity contribution in [3.05, 3.63) is 0 Å². The lowest BCUT2D eigenvalue weighted by molar-refractivity contribution is 0.0102. The molecule has 3 unspecified atom stereocenters. The Morgan fingerprint density at radius 1 is 1.40 bits per heavy atom. The van der Waals surface area contributed by atoms with E-state index in [1.165, 1.54) is 6.42 Å². The molecule has 3 atom stereocenters. The largest absolute Gasteiger partial charge is 0.394 e. The number of morpholine rings is 1. The van der Waals surface area contributed by atoms with E-state index in [0.29, 0.717) is 19.0 Å². The molecule has 1 heterocycles. The van der Waals surface area contributed by atoms with Gasteiger partial charge >= 0.3 is 0 Å². The van der Waals surface area contributed by atoms with Crippen molar-refractivity contribution in [1.29, 1.82) is 0 Å². The lowest BCUT2D eigenvalue weighted by Gasteiger charge is -2.40. The maximum Gasteiger partial charge on any atom is 0.0791 e. The molecule has 0 amide bonds. The Morgan fingerprint density at radius 2 is 2.15 bits per heavy atom. The molecule has 0 bridgehead atoms. The zero-order chi connectivity index (χ0) is 14.4. The normalized spacial score (nSPS) is 34.0. The van der Waals surface area contributed by atoms with E-state index in [2.05, 4.69) is 17.1 Å². The van der Waals surface area contributed by atoms with Crippen LogP contribution >= 0.6 is 0 Å². The molecule has 5 heteroatoms. The van der Waals surface area contributed by atoms with E-state index >= 15 is 0 Å². The smallest absolute Gasteiger partial charge is 0.0791 e. The van der Waals surface area contributed by atoms with Gasteiger partial charge in [-0.3, -0.25) is 4.90 Å². The molecule has 0 spiro atoms. The van der Waals surface area contributed by atoms with E-state index in [1.807, 2.05) is 0 Å². The SMILES string of the molecule is CC1CCCC(CO)(NCC(O)CN2CCOCC2)C1. The van der Waals surface area contributed by atoms with Crippen LogP contribution in [0.25, 0.3) is 0 Å². The molecule has 3 N–H and O–H groups in total. The fourth-order valence-corrected chi connectivity index (χ4v) is 3.50. The van der Waals surface area contributed by atoms with Crippen LogP contribution in [-0.4, -0.2) is 72.8 Å². The Bertz CT molecular complexity index is 284. The van der Waals surface area contributed by atoms with Crippen molar-refractivity contribution in [2.75, 3.05) is 46.0 Å². The van der Waals surface area contributed by atoms with Gasteiger partial charge in [0.2, 0.25) is 0 Å². The van der Waals surface area contributed by atoms with Crippen molar-refractivity contribution in [3.63, 3.8) is 0 Å². The highest BCUT2D eigenvalue weighted by Gasteiger charge is 2.34. The first-order valence-electron chi connectivity index (χ1n) is 7.98. The number of nitrogens with one attached hydrogen (secondary N) is 1. The molecule has 1 saturated heterocycles. The summed E-state index contributed by atoms with van der Waals surface area (Å²) in [7, 11) is 0. The van der Waals surface area contributed by atoms with Crippen molar-refractivity contribution in [1.82, 2.24) is 10.2 Å². The number of hydrogen-bond donors (Lipinski definition) is 3. The molecule has 20 heavy (non-hydrogen) atoms. The Labute approximate surface area is 122 Å². The molecule has 2 aliphatic rings.